The van der Waals surface area contributed by atoms with Crippen LogP contribution in [-0.2, 0) is 14.6 Å². The van der Waals surface area contributed by atoms with Gasteiger partial charge in [-0.05, 0) is 12.8 Å². The monoisotopic (exact) mass is 273 g/mol. The lowest BCUT2D eigenvalue weighted by Crippen LogP contribution is -2.53. The van der Waals surface area contributed by atoms with Gasteiger partial charge in [0.2, 0.25) is 11.2 Å². The van der Waals surface area contributed by atoms with Crippen molar-refractivity contribution in [3.63, 3.8) is 0 Å². The van der Waals surface area contributed by atoms with E-state index in [1.165, 1.54) is 0 Å². The first-order valence-electron chi connectivity index (χ1n) is 5.09. The normalized spacial score (nSPS) is 23.1. The third kappa shape index (κ3) is 2.33. The molecule has 17 heavy (non-hydrogen) atoms. The first-order chi connectivity index (χ1) is 7.67. The van der Waals surface area contributed by atoms with Crippen LogP contribution in [0.3, 0.4) is 0 Å². The number of halogens is 3. The molecule has 0 aliphatic heterocycles. The van der Waals surface area contributed by atoms with E-state index in [1.54, 1.807) is 0 Å². The zero-order valence-corrected chi connectivity index (χ0v) is 9.64. The van der Waals surface area contributed by atoms with Gasteiger partial charge in [-0.2, -0.15) is 13.2 Å². The molecule has 99 valence electrons. The van der Waals surface area contributed by atoms with Gasteiger partial charge in [0, 0.05) is 5.92 Å². The number of sulfone groups is 1. The Kier molecular flexibility index (Phi) is 3.87. The molecule has 0 heterocycles. The number of carbonyl (C=O) groups excluding carboxylic acids is 1. The molecule has 1 N–H and O–H groups in total. The Morgan fingerprint density at radius 2 is 1.59 bits per heavy atom. The minimum absolute atomic E-state index is 0.0705. The van der Waals surface area contributed by atoms with Gasteiger partial charge < -0.3 is 5.11 Å². The summed E-state index contributed by atoms with van der Waals surface area (Å²) >= 11 is 0. The largest absolute Gasteiger partial charge is 0.500 e. The van der Waals surface area contributed by atoms with Crippen LogP contribution in [0.15, 0.2) is 0 Å². The summed E-state index contributed by atoms with van der Waals surface area (Å²) in [4.78, 5) is 7.10. The van der Waals surface area contributed by atoms with Crippen molar-refractivity contribution in [3.05, 3.63) is 0 Å². The van der Waals surface area contributed by atoms with E-state index in [2.05, 4.69) is 0 Å². The Bertz CT molecular complexity index is 384. The minimum atomic E-state index is -5.96. The number of hydrogen-bond donors (Lipinski definition) is 1. The summed E-state index contributed by atoms with van der Waals surface area (Å²) in [7, 11) is -5.96. The molecule has 1 rings (SSSR count). The van der Waals surface area contributed by atoms with Gasteiger partial charge in [0.05, 0.1) is 0 Å². The topological polar surface area (TPSA) is 71.4 Å². The molecule has 1 aliphatic carbocycles. The molecule has 1 unspecified atom stereocenters. The summed E-state index contributed by atoms with van der Waals surface area (Å²) in [5.41, 5.74) is -5.66. The first kappa shape index (κ1) is 14.4. The third-order valence-electron chi connectivity index (χ3n) is 3.02. The first-order valence-corrected chi connectivity index (χ1v) is 6.57. The summed E-state index contributed by atoms with van der Waals surface area (Å²) in [6, 6.07) is 0. The molecule has 0 aromatic carbocycles. The maximum atomic E-state index is 12.3. The van der Waals surface area contributed by atoms with Crippen LogP contribution in [0.4, 0.5) is 13.2 Å². The predicted octanol–water partition coefficient (Wildman–Crippen LogP) is 1.30. The van der Waals surface area contributed by atoms with Crippen LogP contribution in [-0.4, -0.2) is 30.3 Å². The van der Waals surface area contributed by atoms with Crippen LogP contribution in [0.5, 0.6) is 0 Å². The van der Waals surface area contributed by atoms with Gasteiger partial charge in [0.25, 0.3) is 9.84 Å². The zero-order chi connectivity index (χ0) is 13.3. The number of hydrogen-bond acceptors (Lipinski definition) is 4. The summed E-state index contributed by atoms with van der Waals surface area (Å²) in [5, 5.41) is 9.58. The SMILES string of the molecule is O=[C]C(O)(C1CCCCC1)S(=O)(=O)C(F)(F)F. The Morgan fingerprint density at radius 1 is 1.12 bits per heavy atom. The second kappa shape index (κ2) is 4.56. The molecule has 1 saturated carbocycles. The molecule has 0 aromatic heterocycles. The highest BCUT2D eigenvalue weighted by Crippen LogP contribution is 2.41. The van der Waals surface area contributed by atoms with E-state index in [9.17, 15) is 31.5 Å². The van der Waals surface area contributed by atoms with Gasteiger partial charge in [-0.15, -0.1) is 0 Å². The third-order valence-corrected chi connectivity index (χ3v) is 4.86. The Labute approximate surface area is 96.7 Å². The molecule has 0 aromatic rings. The van der Waals surface area contributed by atoms with Crippen LogP contribution in [0, 0.1) is 5.92 Å². The smallest absolute Gasteiger partial charge is 0.368 e. The van der Waals surface area contributed by atoms with E-state index in [1.807, 2.05) is 0 Å². The molecular formula is C9H12F3O4S. The molecule has 1 fully saturated rings. The average molecular weight is 273 g/mol. The van der Waals surface area contributed by atoms with Crippen molar-refractivity contribution >= 4 is 16.1 Å². The summed E-state index contributed by atoms with van der Waals surface area (Å²) in [6.45, 7) is 0. The highest BCUT2D eigenvalue weighted by molar-refractivity contribution is 7.94. The fourth-order valence-corrected chi connectivity index (χ4v) is 3.17. The quantitative estimate of drug-likeness (QED) is 0.841. The maximum absolute atomic E-state index is 12.3. The van der Waals surface area contributed by atoms with Crippen molar-refractivity contribution in [1.29, 1.82) is 0 Å². The minimum Gasteiger partial charge on any atom is -0.368 e. The van der Waals surface area contributed by atoms with Crippen molar-refractivity contribution < 1.29 is 31.5 Å². The molecule has 4 nitrogen and oxygen atoms in total. The second-order valence-electron chi connectivity index (χ2n) is 4.08. The fourth-order valence-electron chi connectivity index (χ4n) is 2.03. The summed E-state index contributed by atoms with van der Waals surface area (Å²) < 4.78 is 59.4. The van der Waals surface area contributed by atoms with Gasteiger partial charge in [0.15, 0.2) is 0 Å². The van der Waals surface area contributed by atoms with Crippen LogP contribution >= 0.6 is 0 Å². The van der Waals surface area contributed by atoms with E-state index in [4.69, 9.17) is 0 Å². The number of rotatable bonds is 3. The van der Waals surface area contributed by atoms with Crippen LogP contribution in [0.25, 0.3) is 0 Å². The maximum Gasteiger partial charge on any atom is 0.500 e. The van der Waals surface area contributed by atoms with E-state index in [0.717, 1.165) is 6.42 Å². The molecule has 1 atom stereocenters. The second-order valence-corrected chi connectivity index (χ2v) is 6.17. The van der Waals surface area contributed by atoms with Gasteiger partial charge >= 0.3 is 5.51 Å². The summed E-state index contributed by atoms with van der Waals surface area (Å²) in [6.07, 6.45) is 2.56. The van der Waals surface area contributed by atoms with Gasteiger partial charge in [0.1, 0.15) is 0 Å². The van der Waals surface area contributed by atoms with Crippen molar-refractivity contribution in [1.82, 2.24) is 0 Å². The van der Waals surface area contributed by atoms with Gasteiger partial charge in [-0.25, -0.2) is 8.42 Å². The van der Waals surface area contributed by atoms with Gasteiger partial charge in [-0.1, -0.05) is 19.3 Å². The van der Waals surface area contributed by atoms with Crippen molar-refractivity contribution in [2.24, 2.45) is 5.92 Å². The van der Waals surface area contributed by atoms with Crippen molar-refractivity contribution in [3.8, 4) is 0 Å². The molecule has 0 spiro atoms. The lowest BCUT2D eigenvalue weighted by Gasteiger charge is -2.33. The highest BCUT2D eigenvalue weighted by atomic mass is 32.2. The number of alkyl halides is 3. The van der Waals surface area contributed by atoms with E-state index < -0.39 is 26.2 Å². The molecule has 0 amide bonds. The van der Waals surface area contributed by atoms with E-state index >= 15 is 0 Å². The van der Waals surface area contributed by atoms with Crippen molar-refractivity contribution in [2.45, 2.75) is 42.5 Å². The Morgan fingerprint density at radius 3 is 1.94 bits per heavy atom. The lowest BCUT2D eigenvalue weighted by molar-refractivity contribution is -0.0532. The highest BCUT2D eigenvalue weighted by Gasteiger charge is 2.63. The molecule has 8 heteroatoms. The van der Waals surface area contributed by atoms with Crippen LogP contribution in [0.2, 0.25) is 0 Å². The van der Waals surface area contributed by atoms with Crippen LogP contribution < -0.4 is 0 Å². The Balaban J connectivity index is 3.15. The Hall–Kier alpha value is -0.630. The fraction of sp³-hybridized carbons (Fsp3) is 0.889. The lowest BCUT2D eigenvalue weighted by atomic mass is 9.85. The zero-order valence-electron chi connectivity index (χ0n) is 8.83. The molecule has 1 radical (unpaired) electrons. The van der Waals surface area contributed by atoms with Gasteiger partial charge in [-0.3, -0.25) is 4.79 Å². The number of aliphatic hydroxyl groups is 1. The van der Waals surface area contributed by atoms with Crippen molar-refractivity contribution in [2.75, 3.05) is 0 Å². The predicted molar refractivity (Wildman–Crippen MR) is 52.2 cm³/mol. The van der Waals surface area contributed by atoms with E-state index in [-0.39, 0.29) is 12.8 Å². The molecule has 0 bridgehead atoms. The van der Waals surface area contributed by atoms with Crippen LogP contribution in [0.1, 0.15) is 32.1 Å². The molecule has 1 aliphatic rings. The standard InChI is InChI=1S/C9H12F3O4S/c10-9(11,12)17(15,16)8(14,6-13)7-4-2-1-3-5-7/h7,14H,1-5H2. The summed E-state index contributed by atoms with van der Waals surface area (Å²) in [5.74, 6) is -1.24. The van der Waals surface area contributed by atoms with E-state index in [0.29, 0.717) is 19.1 Å². The molecular weight excluding hydrogens is 261 g/mol. The molecule has 0 saturated heterocycles. The average Bonchev–Trinajstić information content (AvgIpc) is 2.27.